The van der Waals surface area contributed by atoms with Crippen molar-refractivity contribution in [1.82, 2.24) is 0 Å². The highest BCUT2D eigenvalue weighted by Crippen LogP contribution is 2.31. The number of nitrogens with one attached hydrogen (secondary N) is 1. The van der Waals surface area contributed by atoms with Crippen LogP contribution in [-0.4, -0.2) is 28.2 Å². The molecule has 1 aliphatic heterocycles. The maximum absolute atomic E-state index is 12.8. The average Bonchev–Trinajstić information content (AvgIpc) is 2.76. The first-order chi connectivity index (χ1) is 15.8. The van der Waals surface area contributed by atoms with E-state index in [1.807, 2.05) is 6.08 Å². The number of fused-ring (bicyclic) bond motifs is 1. The van der Waals surface area contributed by atoms with E-state index in [0.717, 1.165) is 12.0 Å². The Morgan fingerprint density at radius 3 is 2.61 bits per heavy atom. The van der Waals surface area contributed by atoms with E-state index in [1.165, 1.54) is 18.2 Å². The highest BCUT2D eigenvalue weighted by atomic mass is 16.8. The highest BCUT2D eigenvalue weighted by molar-refractivity contribution is 5.97. The molecule has 8 nitrogen and oxygen atoms in total. The van der Waals surface area contributed by atoms with Gasteiger partial charge in [0.25, 0.3) is 0 Å². The molecule has 8 heteroatoms. The Labute approximate surface area is 192 Å². The number of benzene rings is 2. The first kappa shape index (κ1) is 24.4. The number of ketones is 1. The molecule has 1 aliphatic rings. The van der Waals surface area contributed by atoms with E-state index in [0.29, 0.717) is 43.4 Å². The lowest BCUT2D eigenvalue weighted by molar-refractivity contribution is -0.991. The third kappa shape index (κ3) is 7.15. The van der Waals surface area contributed by atoms with Crippen molar-refractivity contribution in [1.29, 1.82) is 0 Å². The molecule has 0 saturated heterocycles. The van der Waals surface area contributed by atoms with E-state index < -0.39 is 11.2 Å². The van der Waals surface area contributed by atoms with Crippen molar-refractivity contribution >= 4 is 23.5 Å². The van der Waals surface area contributed by atoms with Gasteiger partial charge in [-0.25, -0.2) is 10.0 Å². The topological polar surface area (TPSA) is 121 Å². The molecule has 0 amide bonds. The molecule has 0 aliphatic carbocycles. The fraction of sp³-hybridized carbons (Fsp3) is 0.360. The van der Waals surface area contributed by atoms with Gasteiger partial charge in [-0.1, -0.05) is 12.2 Å². The number of quaternary nitrogens is 1. The molecule has 0 spiro atoms. The average molecular weight is 456 g/mol. The van der Waals surface area contributed by atoms with Crippen LogP contribution in [0.25, 0.3) is 6.08 Å². The summed E-state index contributed by atoms with van der Waals surface area (Å²) < 4.78 is 11.3. The van der Waals surface area contributed by atoms with Crippen LogP contribution in [0.5, 0.6) is 11.5 Å². The summed E-state index contributed by atoms with van der Waals surface area (Å²) in [6.45, 7) is 1.93. The van der Waals surface area contributed by atoms with Gasteiger partial charge in [0.2, 0.25) is 0 Å². The number of Topliss-reactive ketones (excluding diaryl/α,β-unsaturated/α-hetero) is 1. The number of phenolic OH excluding ortho intramolecular Hbond substituents is 1. The van der Waals surface area contributed by atoms with E-state index in [-0.39, 0.29) is 35.5 Å². The molecule has 2 aromatic carbocycles. The van der Waals surface area contributed by atoms with Crippen LogP contribution in [-0.2, 0) is 16.1 Å². The van der Waals surface area contributed by atoms with Crippen LogP contribution in [0.1, 0.15) is 66.9 Å². The first-order valence-electron chi connectivity index (χ1n) is 11.0. The van der Waals surface area contributed by atoms with Crippen LogP contribution in [0.2, 0.25) is 0 Å². The normalized spacial score (nSPS) is 19.7. The minimum atomic E-state index is -1.00. The number of cyclic esters (lactones) is 1. The Bertz CT molecular complexity index is 999. The number of allylic oxidation sites excluding steroid dienone is 1. The van der Waals surface area contributed by atoms with E-state index >= 15 is 0 Å². The van der Waals surface area contributed by atoms with Crippen molar-refractivity contribution < 1.29 is 34.6 Å². The molecule has 1 unspecified atom stereocenters. The van der Waals surface area contributed by atoms with E-state index in [2.05, 4.69) is 0 Å². The number of aromatic hydroxyl groups is 1. The van der Waals surface area contributed by atoms with Gasteiger partial charge in [0.05, 0.1) is 6.10 Å². The summed E-state index contributed by atoms with van der Waals surface area (Å²) >= 11 is 0. The Hall–Kier alpha value is -3.20. The van der Waals surface area contributed by atoms with Crippen molar-refractivity contribution in [3.63, 3.8) is 0 Å². The fourth-order valence-electron chi connectivity index (χ4n) is 3.61. The first-order valence-corrected chi connectivity index (χ1v) is 11.0. The molecule has 0 bridgehead atoms. The zero-order valence-corrected chi connectivity index (χ0v) is 18.6. The van der Waals surface area contributed by atoms with Gasteiger partial charge in [-0.2, -0.15) is 5.23 Å². The van der Waals surface area contributed by atoms with Gasteiger partial charge in [-0.3, -0.25) is 4.79 Å². The van der Waals surface area contributed by atoms with Crippen molar-refractivity contribution in [2.24, 2.45) is 0 Å². The zero-order valence-electron chi connectivity index (χ0n) is 18.6. The third-order valence-corrected chi connectivity index (χ3v) is 5.43. The number of hydrogen-bond acceptors (Lipinski definition) is 7. The van der Waals surface area contributed by atoms with Crippen LogP contribution >= 0.6 is 0 Å². The van der Waals surface area contributed by atoms with Gasteiger partial charge in [0.1, 0.15) is 29.5 Å². The van der Waals surface area contributed by atoms with Gasteiger partial charge >= 0.3 is 5.97 Å². The molecule has 0 fully saturated rings. The number of rotatable bonds is 4. The van der Waals surface area contributed by atoms with Crippen LogP contribution in [0.15, 0.2) is 42.5 Å². The summed E-state index contributed by atoms with van der Waals surface area (Å²) in [5.41, 5.74) is 1.48. The van der Waals surface area contributed by atoms with Gasteiger partial charge < -0.3 is 19.8 Å². The van der Waals surface area contributed by atoms with Crippen LogP contribution in [0.3, 0.4) is 0 Å². The van der Waals surface area contributed by atoms with Crippen molar-refractivity contribution in [3.8, 4) is 11.5 Å². The lowest BCUT2D eigenvalue weighted by atomic mass is 10.0. The third-order valence-electron chi connectivity index (χ3n) is 5.43. The molecule has 0 aromatic heterocycles. The van der Waals surface area contributed by atoms with E-state index in [9.17, 15) is 19.9 Å². The fourth-order valence-corrected chi connectivity index (χ4v) is 3.61. The molecule has 2 aromatic rings. The Morgan fingerprint density at radius 2 is 1.88 bits per heavy atom. The molecule has 1 heterocycles. The van der Waals surface area contributed by atoms with Crippen molar-refractivity contribution in [2.75, 3.05) is 0 Å². The van der Waals surface area contributed by atoms with Gasteiger partial charge in [-0.15, -0.1) is 0 Å². The largest absolute Gasteiger partial charge is 0.595 e. The zero-order chi connectivity index (χ0) is 23.8. The Balaban J connectivity index is 1.81. The molecule has 3 N–H and O–H groups in total. The van der Waals surface area contributed by atoms with Crippen molar-refractivity contribution in [2.45, 2.75) is 58.2 Å². The summed E-state index contributed by atoms with van der Waals surface area (Å²) in [4.78, 5) is 24.7. The quantitative estimate of drug-likeness (QED) is 0.473. The Kier molecular flexibility index (Phi) is 8.59. The lowest BCUT2D eigenvalue weighted by Gasteiger charge is -2.17. The van der Waals surface area contributed by atoms with E-state index in [1.54, 1.807) is 31.2 Å². The number of hydrogen-bond donors (Lipinski definition) is 3. The summed E-state index contributed by atoms with van der Waals surface area (Å²) in [5.74, 6) is -0.300. The highest BCUT2D eigenvalue weighted by Gasteiger charge is 2.21. The van der Waals surface area contributed by atoms with Crippen molar-refractivity contribution in [3.05, 3.63) is 64.4 Å². The Morgan fingerprint density at radius 1 is 1.15 bits per heavy atom. The second-order valence-corrected chi connectivity index (χ2v) is 8.14. The maximum atomic E-state index is 12.8. The smallest absolute Gasteiger partial charge is 0.342 e. The van der Waals surface area contributed by atoms with E-state index in [4.69, 9.17) is 14.7 Å². The molecule has 33 heavy (non-hydrogen) atoms. The van der Waals surface area contributed by atoms with Gasteiger partial charge in [0, 0.05) is 31.0 Å². The number of esters is 1. The number of carbonyl (C=O) groups excluding carboxylic acids is 2. The SMILES string of the molecule is C[C@H]1CCCC(=O)CCC/C=C/c2cc(OCc3ccc([NH+]([O-])O)cc3)cc(O)c2C(=O)O1. The van der Waals surface area contributed by atoms with Crippen LogP contribution < -0.4 is 9.96 Å². The monoisotopic (exact) mass is 455 g/mol. The molecular weight excluding hydrogens is 426 g/mol. The van der Waals surface area contributed by atoms with Crippen LogP contribution in [0, 0.1) is 5.21 Å². The van der Waals surface area contributed by atoms with Gasteiger partial charge in [0.15, 0.2) is 5.69 Å². The van der Waals surface area contributed by atoms with Gasteiger partial charge in [-0.05, 0) is 61.9 Å². The standard InChI is InChI=1S/C25H29NO7/c1-17-6-5-9-21(27)8-4-2-3-7-19-14-22(15-23(28)24(19)25(29)33-17)32-16-18-10-12-20(13-11-18)26(30)31/h3,7,10-15,17,26,28,30H,2,4-6,8-9,16H2,1H3/b7-3+/t17-/m0/s1. The number of ether oxygens (including phenoxy) is 2. The predicted octanol–water partition coefficient (Wildman–Crippen LogP) is 3.86. The molecular formula is C25H29NO7. The summed E-state index contributed by atoms with van der Waals surface area (Å²) in [6.07, 6.45) is 6.82. The summed E-state index contributed by atoms with van der Waals surface area (Å²) in [5, 5.41) is 29.6. The molecule has 0 saturated carbocycles. The second-order valence-electron chi connectivity index (χ2n) is 8.14. The minimum absolute atomic E-state index is 0.0735. The minimum Gasteiger partial charge on any atom is -0.595 e. The molecule has 2 atom stereocenters. The second kappa shape index (κ2) is 11.6. The van der Waals surface area contributed by atoms with Crippen LogP contribution in [0.4, 0.5) is 5.69 Å². The maximum Gasteiger partial charge on any atom is 0.342 e. The number of phenols is 1. The predicted molar refractivity (Wildman–Crippen MR) is 121 cm³/mol. The summed E-state index contributed by atoms with van der Waals surface area (Å²) in [7, 11) is 0. The summed E-state index contributed by atoms with van der Waals surface area (Å²) in [6, 6.07) is 9.32. The number of carbonyl (C=O) groups is 2. The lowest BCUT2D eigenvalue weighted by Crippen LogP contribution is -2.99. The molecule has 3 rings (SSSR count). The molecule has 0 radical (unpaired) electrons. The molecule has 176 valence electrons.